The van der Waals surface area contributed by atoms with E-state index >= 15 is 0 Å². The van der Waals surface area contributed by atoms with Crippen molar-refractivity contribution >= 4 is 0 Å². The number of halogens is 1. The Hall–Kier alpha value is -2.07. The predicted octanol–water partition coefficient (Wildman–Crippen LogP) is 2.88. The summed E-state index contributed by atoms with van der Waals surface area (Å²) in [5, 5.41) is 0. The fraction of sp³-hybridized carbons (Fsp3) is 0.294. The lowest BCUT2D eigenvalue weighted by atomic mass is 9.92. The van der Waals surface area contributed by atoms with Gasteiger partial charge in [0.1, 0.15) is 19.0 Å². The van der Waals surface area contributed by atoms with Crippen molar-refractivity contribution < 1.29 is 13.9 Å². The number of benzene rings is 2. The van der Waals surface area contributed by atoms with Gasteiger partial charge in [-0.2, -0.15) is 0 Å². The molecule has 0 saturated carbocycles. The smallest absolute Gasteiger partial charge is 0.161 e. The lowest BCUT2D eigenvalue weighted by Gasteiger charge is -2.20. The third-order valence-corrected chi connectivity index (χ3v) is 3.71. The molecule has 2 N–H and O–H groups in total. The Morgan fingerprint density at radius 1 is 1.00 bits per heavy atom. The highest BCUT2D eigenvalue weighted by molar-refractivity contribution is 5.44. The molecule has 21 heavy (non-hydrogen) atoms. The summed E-state index contributed by atoms with van der Waals surface area (Å²) in [6.07, 6.45) is 0.790. The van der Waals surface area contributed by atoms with Gasteiger partial charge in [-0.3, -0.25) is 0 Å². The summed E-state index contributed by atoms with van der Waals surface area (Å²) in [5.41, 5.74) is 8.07. The number of ether oxygens (including phenoxy) is 2. The Morgan fingerprint density at radius 2 is 1.71 bits per heavy atom. The summed E-state index contributed by atoms with van der Waals surface area (Å²) in [4.78, 5) is 0. The van der Waals surface area contributed by atoms with Gasteiger partial charge in [0.05, 0.1) is 0 Å². The van der Waals surface area contributed by atoms with Gasteiger partial charge in [0.2, 0.25) is 0 Å². The van der Waals surface area contributed by atoms with Crippen molar-refractivity contribution in [3.63, 3.8) is 0 Å². The summed E-state index contributed by atoms with van der Waals surface area (Å²) in [6, 6.07) is 12.5. The zero-order chi connectivity index (χ0) is 14.7. The van der Waals surface area contributed by atoms with E-state index in [-0.39, 0.29) is 11.7 Å². The zero-order valence-corrected chi connectivity index (χ0v) is 11.7. The van der Waals surface area contributed by atoms with Gasteiger partial charge in [-0.1, -0.05) is 18.2 Å². The van der Waals surface area contributed by atoms with E-state index in [1.807, 2.05) is 18.2 Å². The van der Waals surface area contributed by atoms with Gasteiger partial charge in [0.15, 0.2) is 11.5 Å². The molecule has 1 unspecified atom stereocenters. The Kier molecular flexibility index (Phi) is 4.06. The molecular weight excluding hydrogens is 269 g/mol. The van der Waals surface area contributed by atoms with E-state index in [2.05, 4.69) is 0 Å². The molecule has 0 spiro atoms. The second kappa shape index (κ2) is 6.14. The van der Waals surface area contributed by atoms with Crippen LogP contribution < -0.4 is 15.2 Å². The molecule has 2 aromatic rings. The molecule has 1 aliphatic heterocycles. The van der Waals surface area contributed by atoms with Crippen LogP contribution in [-0.2, 0) is 6.42 Å². The van der Waals surface area contributed by atoms with Crippen LogP contribution in [0.1, 0.15) is 17.0 Å². The Morgan fingerprint density at radius 3 is 2.43 bits per heavy atom. The fourth-order valence-corrected chi connectivity index (χ4v) is 2.57. The van der Waals surface area contributed by atoms with Crippen LogP contribution in [0.5, 0.6) is 11.5 Å². The number of nitrogens with two attached hydrogens (primary N) is 1. The van der Waals surface area contributed by atoms with Gasteiger partial charge >= 0.3 is 0 Å². The highest BCUT2D eigenvalue weighted by Crippen LogP contribution is 2.32. The molecule has 0 fully saturated rings. The van der Waals surface area contributed by atoms with Gasteiger partial charge in [-0.25, -0.2) is 4.39 Å². The van der Waals surface area contributed by atoms with E-state index in [1.54, 1.807) is 12.1 Å². The first-order valence-corrected chi connectivity index (χ1v) is 7.10. The van der Waals surface area contributed by atoms with Crippen molar-refractivity contribution in [3.05, 3.63) is 59.4 Å². The van der Waals surface area contributed by atoms with Gasteiger partial charge in [-0.15, -0.1) is 0 Å². The molecule has 0 amide bonds. The molecule has 0 radical (unpaired) electrons. The summed E-state index contributed by atoms with van der Waals surface area (Å²) >= 11 is 0. The van der Waals surface area contributed by atoms with Crippen molar-refractivity contribution in [2.24, 2.45) is 5.73 Å². The summed E-state index contributed by atoms with van der Waals surface area (Å²) < 4.78 is 24.1. The summed E-state index contributed by atoms with van der Waals surface area (Å²) in [5.74, 6) is 1.51. The highest BCUT2D eigenvalue weighted by atomic mass is 19.1. The Bertz CT molecular complexity index is 613. The summed E-state index contributed by atoms with van der Waals surface area (Å²) in [6.45, 7) is 1.68. The number of rotatable bonds is 4. The topological polar surface area (TPSA) is 44.5 Å². The van der Waals surface area contributed by atoms with Crippen LogP contribution >= 0.6 is 0 Å². The first-order valence-electron chi connectivity index (χ1n) is 7.10. The Labute approximate surface area is 123 Å². The fourth-order valence-electron chi connectivity index (χ4n) is 2.57. The maximum Gasteiger partial charge on any atom is 0.161 e. The van der Waals surface area contributed by atoms with Crippen LogP contribution in [0.2, 0.25) is 0 Å². The molecule has 3 nitrogen and oxygen atoms in total. The zero-order valence-electron chi connectivity index (χ0n) is 11.7. The minimum atomic E-state index is -0.228. The molecule has 1 aliphatic rings. The second-order valence-corrected chi connectivity index (χ2v) is 5.17. The van der Waals surface area contributed by atoms with E-state index < -0.39 is 0 Å². The molecule has 0 aliphatic carbocycles. The monoisotopic (exact) mass is 287 g/mol. The molecular formula is C17H18FNO2. The molecule has 0 aromatic heterocycles. The van der Waals surface area contributed by atoms with Crippen molar-refractivity contribution in [2.75, 3.05) is 19.8 Å². The lowest BCUT2D eigenvalue weighted by molar-refractivity contribution is 0.171. The van der Waals surface area contributed by atoms with Crippen LogP contribution in [-0.4, -0.2) is 19.8 Å². The minimum Gasteiger partial charge on any atom is -0.486 e. The average molecular weight is 287 g/mol. The average Bonchev–Trinajstić information content (AvgIpc) is 2.53. The van der Waals surface area contributed by atoms with Crippen LogP contribution in [0.15, 0.2) is 42.5 Å². The molecule has 1 heterocycles. The van der Waals surface area contributed by atoms with E-state index in [9.17, 15) is 4.39 Å². The number of hydrogen-bond donors (Lipinski definition) is 1. The van der Waals surface area contributed by atoms with Crippen molar-refractivity contribution in [3.8, 4) is 11.5 Å². The first kappa shape index (κ1) is 13.9. The molecule has 2 aromatic carbocycles. The maximum absolute atomic E-state index is 13.0. The van der Waals surface area contributed by atoms with Gasteiger partial charge < -0.3 is 15.2 Å². The molecule has 1 atom stereocenters. The minimum absolute atomic E-state index is 0.160. The van der Waals surface area contributed by atoms with E-state index in [1.165, 1.54) is 12.1 Å². The van der Waals surface area contributed by atoms with Gasteiger partial charge in [0, 0.05) is 5.92 Å². The Balaban J connectivity index is 1.79. The molecule has 0 saturated heterocycles. The summed E-state index contributed by atoms with van der Waals surface area (Å²) in [7, 11) is 0. The molecule has 110 valence electrons. The van der Waals surface area contributed by atoms with E-state index in [4.69, 9.17) is 15.2 Å². The third-order valence-electron chi connectivity index (χ3n) is 3.71. The van der Waals surface area contributed by atoms with Crippen LogP contribution in [0.3, 0.4) is 0 Å². The third kappa shape index (κ3) is 3.16. The van der Waals surface area contributed by atoms with Gasteiger partial charge in [-0.05, 0) is 48.4 Å². The quantitative estimate of drug-likeness (QED) is 0.940. The lowest BCUT2D eigenvalue weighted by Crippen LogP contribution is -2.17. The molecule has 4 heteroatoms. The molecule has 3 rings (SSSR count). The van der Waals surface area contributed by atoms with E-state index in [0.29, 0.717) is 19.8 Å². The normalized spacial score (nSPS) is 14.8. The van der Waals surface area contributed by atoms with Crippen LogP contribution in [0, 0.1) is 5.82 Å². The van der Waals surface area contributed by atoms with Crippen molar-refractivity contribution in [2.45, 2.75) is 12.3 Å². The largest absolute Gasteiger partial charge is 0.486 e. The van der Waals surface area contributed by atoms with Crippen molar-refractivity contribution in [1.82, 2.24) is 0 Å². The number of hydrogen-bond acceptors (Lipinski definition) is 3. The predicted molar refractivity (Wildman–Crippen MR) is 79.3 cm³/mol. The van der Waals surface area contributed by atoms with Crippen LogP contribution in [0.25, 0.3) is 0 Å². The SMILES string of the molecule is NCC(Cc1ccc2c(c1)OCCO2)c1ccc(F)cc1. The van der Waals surface area contributed by atoms with Gasteiger partial charge in [0.25, 0.3) is 0 Å². The number of fused-ring (bicyclic) bond motifs is 1. The second-order valence-electron chi connectivity index (χ2n) is 5.17. The van der Waals surface area contributed by atoms with E-state index in [0.717, 1.165) is 29.0 Å². The first-order chi connectivity index (χ1) is 10.3. The van der Waals surface area contributed by atoms with Crippen LogP contribution in [0.4, 0.5) is 4.39 Å². The van der Waals surface area contributed by atoms with Crippen molar-refractivity contribution in [1.29, 1.82) is 0 Å². The molecule has 0 bridgehead atoms. The maximum atomic E-state index is 13.0. The standard InChI is InChI=1S/C17H18FNO2/c18-15-4-2-13(3-5-15)14(11-19)9-12-1-6-16-17(10-12)21-8-7-20-16/h1-6,10,14H,7-9,11,19H2. The highest BCUT2D eigenvalue weighted by Gasteiger charge is 2.15.